The molecule has 0 saturated heterocycles. The molecule has 1 aromatic heterocycles. The highest BCUT2D eigenvalue weighted by molar-refractivity contribution is 8.00. The van der Waals surface area contributed by atoms with Crippen LogP contribution in [0.1, 0.15) is 12.5 Å². The molecule has 0 spiro atoms. The van der Waals surface area contributed by atoms with E-state index in [1.165, 1.54) is 11.8 Å². The first-order valence-electron chi connectivity index (χ1n) is 7.61. The van der Waals surface area contributed by atoms with Gasteiger partial charge in [0.15, 0.2) is 5.82 Å². The molecule has 0 fully saturated rings. The lowest BCUT2D eigenvalue weighted by atomic mass is 10.2. The third-order valence-corrected chi connectivity index (χ3v) is 4.41. The van der Waals surface area contributed by atoms with E-state index < -0.39 is 0 Å². The molecular formula is C18H15N5OS. The molecule has 7 heteroatoms. The molecule has 0 saturated carbocycles. The number of hydrogen-bond acceptors (Lipinski definition) is 5. The topological polar surface area (TPSA) is 94.5 Å². The lowest BCUT2D eigenvalue weighted by Crippen LogP contribution is -2.22. The van der Waals surface area contributed by atoms with Gasteiger partial charge < -0.3 is 5.32 Å². The summed E-state index contributed by atoms with van der Waals surface area (Å²) in [7, 11) is 0. The van der Waals surface area contributed by atoms with Crippen LogP contribution in [0, 0.1) is 11.3 Å². The quantitative estimate of drug-likeness (QED) is 0.688. The molecule has 3 rings (SSSR count). The van der Waals surface area contributed by atoms with Gasteiger partial charge in [-0.25, -0.2) is 4.98 Å². The summed E-state index contributed by atoms with van der Waals surface area (Å²) in [5.74, 6) is 0.517. The zero-order valence-electron chi connectivity index (χ0n) is 13.4. The predicted octanol–water partition coefficient (Wildman–Crippen LogP) is 3.46. The molecule has 0 unspecified atom stereocenters. The Balaban J connectivity index is 1.61. The van der Waals surface area contributed by atoms with Crippen LogP contribution in [0.25, 0.3) is 11.4 Å². The van der Waals surface area contributed by atoms with Crippen LogP contribution < -0.4 is 5.32 Å². The van der Waals surface area contributed by atoms with Crippen LogP contribution in [0.5, 0.6) is 0 Å². The Labute approximate surface area is 149 Å². The third kappa shape index (κ3) is 4.25. The summed E-state index contributed by atoms with van der Waals surface area (Å²) in [6.07, 6.45) is 0. The largest absolute Gasteiger partial charge is 0.325 e. The van der Waals surface area contributed by atoms with Crippen molar-refractivity contribution in [2.45, 2.75) is 17.3 Å². The lowest BCUT2D eigenvalue weighted by molar-refractivity contribution is -0.115. The second-order valence-corrected chi connectivity index (χ2v) is 6.58. The van der Waals surface area contributed by atoms with Gasteiger partial charge in [-0.1, -0.05) is 42.1 Å². The zero-order valence-corrected chi connectivity index (χ0v) is 14.2. The van der Waals surface area contributed by atoms with Gasteiger partial charge in [0.05, 0.1) is 16.9 Å². The maximum atomic E-state index is 12.3. The maximum Gasteiger partial charge on any atom is 0.237 e. The van der Waals surface area contributed by atoms with E-state index in [2.05, 4.69) is 20.5 Å². The van der Waals surface area contributed by atoms with E-state index in [4.69, 9.17) is 5.26 Å². The molecule has 25 heavy (non-hydrogen) atoms. The Bertz CT molecular complexity index is 899. The summed E-state index contributed by atoms with van der Waals surface area (Å²) >= 11 is 1.28. The Hall–Kier alpha value is -3.11. The van der Waals surface area contributed by atoms with Crippen LogP contribution >= 0.6 is 11.8 Å². The highest BCUT2D eigenvalue weighted by Crippen LogP contribution is 2.23. The first-order valence-corrected chi connectivity index (χ1v) is 8.49. The molecule has 6 nitrogen and oxygen atoms in total. The Morgan fingerprint density at radius 3 is 2.60 bits per heavy atom. The summed E-state index contributed by atoms with van der Waals surface area (Å²) < 4.78 is 0. The molecule has 0 aliphatic heterocycles. The van der Waals surface area contributed by atoms with Gasteiger partial charge in [0.25, 0.3) is 0 Å². The smallest absolute Gasteiger partial charge is 0.237 e. The second kappa shape index (κ2) is 7.64. The number of thioether (sulfide) groups is 1. The number of hydrogen-bond donors (Lipinski definition) is 2. The molecule has 0 aliphatic carbocycles. The van der Waals surface area contributed by atoms with Crippen molar-refractivity contribution in [2.75, 3.05) is 5.32 Å². The Kier molecular flexibility index (Phi) is 5.11. The van der Waals surface area contributed by atoms with Crippen molar-refractivity contribution in [3.05, 3.63) is 60.2 Å². The second-order valence-electron chi connectivity index (χ2n) is 5.27. The number of amides is 1. The fraction of sp³-hybridized carbons (Fsp3) is 0.111. The number of nitrogens with one attached hydrogen (secondary N) is 2. The van der Waals surface area contributed by atoms with Crippen LogP contribution in [0.3, 0.4) is 0 Å². The van der Waals surface area contributed by atoms with Gasteiger partial charge in [-0.3, -0.25) is 9.89 Å². The fourth-order valence-electron chi connectivity index (χ4n) is 2.11. The summed E-state index contributed by atoms with van der Waals surface area (Å²) in [6, 6.07) is 18.4. The first kappa shape index (κ1) is 16.7. The normalized spacial score (nSPS) is 11.5. The van der Waals surface area contributed by atoms with E-state index in [9.17, 15) is 4.79 Å². The predicted molar refractivity (Wildman–Crippen MR) is 96.9 cm³/mol. The average molecular weight is 349 g/mol. The van der Waals surface area contributed by atoms with Crippen LogP contribution in [0.2, 0.25) is 0 Å². The van der Waals surface area contributed by atoms with E-state index in [0.29, 0.717) is 22.2 Å². The molecule has 2 N–H and O–H groups in total. The molecule has 3 aromatic rings. The van der Waals surface area contributed by atoms with Gasteiger partial charge in [0.1, 0.15) is 0 Å². The van der Waals surface area contributed by atoms with Crippen molar-refractivity contribution in [1.82, 2.24) is 15.2 Å². The standard InChI is InChI=1S/C18H15N5OS/c1-12(17(24)20-15-9-7-13(11-19)8-10-15)25-18-21-16(22-23-18)14-5-3-2-4-6-14/h2-10,12H,1H3,(H,20,24)(H,21,22,23)/t12-/m1/s1. The van der Waals surface area contributed by atoms with Crippen LogP contribution in [-0.4, -0.2) is 26.3 Å². The van der Waals surface area contributed by atoms with Gasteiger partial charge in [-0.15, -0.1) is 5.10 Å². The first-order chi connectivity index (χ1) is 12.2. The number of H-pyrrole nitrogens is 1. The zero-order chi connectivity index (χ0) is 17.6. The highest BCUT2D eigenvalue weighted by Gasteiger charge is 2.17. The van der Waals surface area contributed by atoms with Crippen LogP contribution in [-0.2, 0) is 4.79 Å². The van der Waals surface area contributed by atoms with Gasteiger partial charge >= 0.3 is 0 Å². The van der Waals surface area contributed by atoms with E-state index in [1.807, 2.05) is 36.4 Å². The molecule has 0 aliphatic rings. The van der Waals surface area contributed by atoms with Crippen molar-refractivity contribution in [1.29, 1.82) is 5.26 Å². The Morgan fingerprint density at radius 1 is 1.20 bits per heavy atom. The van der Waals surface area contributed by atoms with Crippen molar-refractivity contribution in [3.63, 3.8) is 0 Å². The number of carbonyl (C=O) groups is 1. The van der Waals surface area contributed by atoms with E-state index in [0.717, 1.165) is 5.56 Å². The summed E-state index contributed by atoms with van der Waals surface area (Å²) in [5.41, 5.74) is 2.14. The van der Waals surface area contributed by atoms with Gasteiger partial charge in [-0.2, -0.15) is 5.26 Å². The van der Waals surface area contributed by atoms with Crippen molar-refractivity contribution < 1.29 is 4.79 Å². The molecule has 0 bridgehead atoms. The number of aromatic amines is 1. The molecule has 2 aromatic carbocycles. The number of carbonyl (C=O) groups excluding carboxylic acids is 1. The number of nitrogens with zero attached hydrogens (tertiary/aromatic N) is 3. The van der Waals surface area contributed by atoms with Crippen molar-refractivity contribution >= 4 is 23.4 Å². The highest BCUT2D eigenvalue weighted by atomic mass is 32.2. The molecule has 124 valence electrons. The average Bonchev–Trinajstić information content (AvgIpc) is 3.11. The lowest BCUT2D eigenvalue weighted by Gasteiger charge is -2.10. The van der Waals surface area contributed by atoms with E-state index in [-0.39, 0.29) is 11.2 Å². The number of aromatic nitrogens is 3. The molecule has 0 radical (unpaired) electrons. The number of rotatable bonds is 5. The molecule has 1 heterocycles. The van der Waals surface area contributed by atoms with Crippen molar-refractivity contribution in [3.8, 4) is 17.5 Å². The maximum absolute atomic E-state index is 12.3. The minimum absolute atomic E-state index is 0.152. The third-order valence-electron chi connectivity index (χ3n) is 3.45. The van der Waals surface area contributed by atoms with Crippen LogP contribution in [0.15, 0.2) is 59.8 Å². The van der Waals surface area contributed by atoms with E-state index in [1.54, 1.807) is 31.2 Å². The fourth-order valence-corrected chi connectivity index (χ4v) is 2.83. The van der Waals surface area contributed by atoms with Crippen molar-refractivity contribution in [2.24, 2.45) is 0 Å². The summed E-state index contributed by atoms with van der Waals surface area (Å²) in [4.78, 5) is 16.7. The minimum atomic E-state index is -0.366. The van der Waals surface area contributed by atoms with Gasteiger partial charge in [0.2, 0.25) is 11.1 Å². The molecule has 1 atom stereocenters. The van der Waals surface area contributed by atoms with Gasteiger partial charge in [-0.05, 0) is 31.2 Å². The Morgan fingerprint density at radius 2 is 1.92 bits per heavy atom. The number of anilines is 1. The molecule has 1 amide bonds. The summed E-state index contributed by atoms with van der Waals surface area (Å²) in [6.45, 7) is 1.79. The molecular weight excluding hydrogens is 334 g/mol. The minimum Gasteiger partial charge on any atom is -0.325 e. The SMILES string of the molecule is C[C@@H](Sc1n[nH]c(-c2ccccc2)n1)C(=O)Nc1ccc(C#N)cc1. The van der Waals surface area contributed by atoms with E-state index >= 15 is 0 Å². The summed E-state index contributed by atoms with van der Waals surface area (Å²) in [5, 5.41) is 18.8. The van der Waals surface area contributed by atoms with Crippen LogP contribution in [0.4, 0.5) is 5.69 Å². The number of benzene rings is 2. The monoisotopic (exact) mass is 349 g/mol. The number of nitriles is 1. The van der Waals surface area contributed by atoms with Gasteiger partial charge in [0, 0.05) is 11.3 Å².